The fourth-order valence-electron chi connectivity index (χ4n) is 2.00. The average molecular weight is 302 g/mol. The monoisotopic (exact) mass is 302 g/mol. The maximum Gasteiger partial charge on any atom is 0.243 e. The predicted octanol–water partition coefficient (Wildman–Crippen LogP) is 0.763. The van der Waals surface area contributed by atoms with Crippen LogP contribution in [0.5, 0.6) is 0 Å². The molecule has 0 saturated heterocycles. The van der Waals surface area contributed by atoms with Gasteiger partial charge in [-0.1, -0.05) is 36.8 Å². The molecule has 2 rings (SSSR count). The highest BCUT2D eigenvalue weighted by molar-refractivity contribution is 5.75. The summed E-state index contributed by atoms with van der Waals surface area (Å²) in [4.78, 5) is 13.2. The summed E-state index contributed by atoms with van der Waals surface area (Å²) in [6.45, 7) is 7.59. The number of carbonyl (C=O) groups excluding carboxylic acids is 1. The van der Waals surface area contributed by atoms with Gasteiger partial charge in [0.1, 0.15) is 6.54 Å². The highest BCUT2D eigenvalue weighted by Crippen LogP contribution is 2.13. The van der Waals surface area contributed by atoms with Gasteiger partial charge in [0.15, 0.2) is 0 Å². The molecule has 1 amide bonds. The first-order chi connectivity index (χ1) is 10.6. The Kier molecular flexibility index (Phi) is 5.60. The first kappa shape index (κ1) is 16.1. The Bertz CT molecular complexity index is 607. The van der Waals surface area contributed by atoms with Crippen molar-refractivity contribution in [3.05, 3.63) is 29.8 Å². The van der Waals surface area contributed by atoms with E-state index in [-0.39, 0.29) is 18.5 Å². The van der Waals surface area contributed by atoms with E-state index in [4.69, 9.17) is 0 Å². The number of aromatic nitrogens is 4. The van der Waals surface area contributed by atoms with E-state index in [1.165, 1.54) is 10.4 Å². The number of tetrazole rings is 1. The van der Waals surface area contributed by atoms with Crippen molar-refractivity contribution in [2.45, 2.75) is 33.4 Å². The summed E-state index contributed by atoms with van der Waals surface area (Å²) >= 11 is 0. The second-order valence-corrected chi connectivity index (χ2v) is 5.27. The summed E-state index contributed by atoms with van der Waals surface area (Å²) in [5, 5.41) is 18.2. The van der Waals surface area contributed by atoms with Crippen LogP contribution in [0.3, 0.4) is 0 Å². The number of amides is 1. The van der Waals surface area contributed by atoms with E-state index >= 15 is 0 Å². The Morgan fingerprint density at radius 2 is 2.05 bits per heavy atom. The second-order valence-electron chi connectivity index (χ2n) is 5.27. The zero-order valence-corrected chi connectivity index (χ0v) is 13.2. The standard InChI is InChI=1S/C15H22N6O/c1-4-16-12(3)9-17-14(22)10-21-19-15(18-20-21)13-7-5-11(2)6-8-13/h5-8,12,16H,4,9-10H2,1-3H3,(H,17,22)/t12-/m1/s1. The third-order valence-corrected chi connectivity index (χ3v) is 3.21. The van der Waals surface area contributed by atoms with Crippen LogP contribution in [0.2, 0.25) is 0 Å². The van der Waals surface area contributed by atoms with Gasteiger partial charge in [0, 0.05) is 18.2 Å². The summed E-state index contributed by atoms with van der Waals surface area (Å²) in [6, 6.07) is 8.10. The van der Waals surface area contributed by atoms with E-state index < -0.39 is 0 Å². The minimum absolute atomic E-state index is 0.0672. The van der Waals surface area contributed by atoms with Gasteiger partial charge < -0.3 is 10.6 Å². The van der Waals surface area contributed by atoms with Crippen LogP contribution in [0.4, 0.5) is 0 Å². The molecule has 0 aliphatic rings. The Hall–Kier alpha value is -2.28. The topological polar surface area (TPSA) is 84.7 Å². The lowest BCUT2D eigenvalue weighted by Crippen LogP contribution is -2.40. The summed E-state index contributed by atoms with van der Waals surface area (Å²) < 4.78 is 0. The number of nitrogens with one attached hydrogen (secondary N) is 2. The highest BCUT2D eigenvalue weighted by atomic mass is 16.2. The molecule has 1 atom stereocenters. The van der Waals surface area contributed by atoms with Crippen molar-refractivity contribution in [3.8, 4) is 11.4 Å². The van der Waals surface area contributed by atoms with Crippen LogP contribution < -0.4 is 10.6 Å². The molecule has 0 unspecified atom stereocenters. The number of aryl methyl sites for hydroxylation is 1. The molecule has 1 aromatic carbocycles. The first-order valence-electron chi connectivity index (χ1n) is 7.43. The molecular weight excluding hydrogens is 280 g/mol. The molecule has 7 nitrogen and oxygen atoms in total. The zero-order chi connectivity index (χ0) is 15.9. The Labute approximate surface area is 130 Å². The van der Waals surface area contributed by atoms with Crippen LogP contribution in [0, 0.1) is 6.92 Å². The molecule has 2 N–H and O–H groups in total. The van der Waals surface area contributed by atoms with Crippen molar-refractivity contribution in [2.75, 3.05) is 13.1 Å². The fourth-order valence-corrected chi connectivity index (χ4v) is 2.00. The van der Waals surface area contributed by atoms with Crippen LogP contribution >= 0.6 is 0 Å². The molecule has 118 valence electrons. The molecule has 2 aromatic rings. The number of rotatable bonds is 7. The maximum atomic E-state index is 11.8. The Morgan fingerprint density at radius 3 is 2.73 bits per heavy atom. The van der Waals surface area contributed by atoms with Crippen molar-refractivity contribution in [2.24, 2.45) is 0 Å². The summed E-state index contributed by atoms with van der Waals surface area (Å²) in [5.74, 6) is 0.395. The molecule has 0 radical (unpaired) electrons. The number of hydrogen-bond acceptors (Lipinski definition) is 5. The maximum absolute atomic E-state index is 11.8. The molecule has 0 saturated carbocycles. The molecule has 22 heavy (non-hydrogen) atoms. The molecule has 0 fully saturated rings. The van der Waals surface area contributed by atoms with E-state index in [2.05, 4.69) is 26.0 Å². The molecule has 0 bridgehead atoms. The van der Waals surface area contributed by atoms with E-state index in [0.29, 0.717) is 12.4 Å². The normalized spacial score (nSPS) is 12.1. The number of nitrogens with zero attached hydrogens (tertiary/aromatic N) is 4. The third kappa shape index (κ3) is 4.63. The van der Waals surface area contributed by atoms with Gasteiger partial charge in [-0.2, -0.15) is 4.80 Å². The third-order valence-electron chi connectivity index (χ3n) is 3.21. The highest BCUT2D eigenvalue weighted by Gasteiger charge is 2.10. The van der Waals surface area contributed by atoms with Crippen LogP contribution in [0.1, 0.15) is 19.4 Å². The van der Waals surface area contributed by atoms with E-state index in [1.807, 2.05) is 45.0 Å². The smallest absolute Gasteiger partial charge is 0.243 e. The number of likely N-dealkylation sites (N-methyl/N-ethyl adjacent to an activating group) is 1. The van der Waals surface area contributed by atoms with Crippen LogP contribution in [-0.4, -0.2) is 45.2 Å². The zero-order valence-electron chi connectivity index (χ0n) is 13.2. The number of hydrogen-bond donors (Lipinski definition) is 2. The van der Waals surface area contributed by atoms with E-state index in [0.717, 1.165) is 12.1 Å². The van der Waals surface area contributed by atoms with Crippen molar-refractivity contribution >= 4 is 5.91 Å². The fraction of sp³-hybridized carbons (Fsp3) is 0.467. The minimum atomic E-state index is -0.127. The number of benzene rings is 1. The second kappa shape index (κ2) is 7.65. The van der Waals surface area contributed by atoms with Gasteiger partial charge >= 0.3 is 0 Å². The molecule has 0 spiro atoms. The van der Waals surface area contributed by atoms with Gasteiger partial charge in [-0.25, -0.2) is 0 Å². The van der Waals surface area contributed by atoms with Crippen molar-refractivity contribution < 1.29 is 4.79 Å². The van der Waals surface area contributed by atoms with Gasteiger partial charge in [-0.3, -0.25) is 4.79 Å². The van der Waals surface area contributed by atoms with Gasteiger partial charge in [0.05, 0.1) is 0 Å². The van der Waals surface area contributed by atoms with Gasteiger partial charge in [0.2, 0.25) is 11.7 Å². The molecular formula is C15H22N6O. The minimum Gasteiger partial charge on any atom is -0.353 e. The molecule has 7 heteroatoms. The average Bonchev–Trinajstić information content (AvgIpc) is 2.95. The SMILES string of the molecule is CCN[C@H](C)CNC(=O)Cn1nnc(-c2ccc(C)cc2)n1. The van der Waals surface area contributed by atoms with Crippen LogP contribution in [0.15, 0.2) is 24.3 Å². The summed E-state index contributed by atoms with van der Waals surface area (Å²) in [5.41, 5.74) is 2.06. The lowest BCUT2D eigenvalue weighted by atomic mass is 10.1. The molecule has 0 aliphatic carbocycles. The van der Waals surface area contributed by atoms with Crippen molar-refractivity contribution in [1.82, 2.24) is 30.8 Å². The largest absolute Gasteiger partial charge is 0.353 e. The summed E-state index contributed by atoms with van der Waals surface area (Å²) in [7, 11) is 0. The quantitative estimate of drug-likeness (QED) is 0.789. The van der Waals surface area contributed by atoms with Gasteiger partial charge in [-0.05, 0) is 25.6 Å². The molecule has 1 heterocycles. The lowest BCUT2D eigenvalue weighted by molar-refractivity contribution is -0.122. The van der Waals surface area contributed by atoms with E-state index in [1.54, 1.807) is 0 Å². The number of carbonyl (C=O) groups is 1. The Balaban J connectivity index is 1.89. The van der Waals surface area contributed by atoms with Gasteiger partial charge in [-0.15, -0.1) is 10.2 Å². The van der Waals surface area contributed by atoms with Crippen molar-refractivity contribution in [1.29, 1.82) is 0 Å². The molecule has 1 aromatic heterocycles. The van der Waals surface area contributed by atoms with Crippen LogP contribution in [0.25, 0.3) is 11.4 Å². The van der Waals surface area contributed by atoms with E-state index in [9.17, 15) is 4.79 Å². The van der Waals surface area contributed by atoms with Gasteiger partial charge in [0.25, 0.3) is 0 Å². The summed E-state index contributed by atoms with van der Waals surface area (Å²) in [6.07, 6.45) is 0. The predicted molar refractivity (Wildman–Crippen MR) is 84.1 cm³/mol. The van der Waals surface area contributed by atoms with Crippen LogP contribution in [-0.2, 0) is 11.3 Å². The Morgan fingerprint density at radius 1 is 1.32 bits per heavy atom. The molecule has 0 aliphatic heterocycles. The van der Waals surface area contributed by atoms with Crippen molar-refractivity contribution in [3.63, 3.8) is 0 Å². The first-order valence-corrected chi connectivity index (χ1v) is 7.43. The lowest BCUT2D eigenvalue weighted by Gasteiger charge is -2.12.